The van der Waals surface area contributed by atoms with Crippen molar-refractivity contribution in [1.29, 1.82) is 0 Å². The summed E-state index contributed by atoms with van der Waals surface area (Å²) in [7, 11) is 1.69. The van der Waals surface area contributed by atoms with Gasteiger partial charge in [-0.15, -0.1) is 0 Å². The summed E-state index contributed by atoms with van der Waals surface area (Å²) in [6.07, 6.45) is 4.66. The van der Waals surface area contributed by atoms with Crippen LogP contribution in [0.1, 0.15) is 39.5 Å². The summed E-state index contributed by atoms with van der Waals surface area (Å²) in [5.41, 5.74) is 0. The molecule has 0 aliphatic carbocycles. The Hall–Kier alpha value is 0.0700. The normalized spacial score (nSPS) is 16.1. The molecule has 0 aliphatic heterocycles. The molecule has 0 bridgehead atoms. The van der Waals surface area contributed by atoms with Gasteiger partial charge in [-0.1, -0.05) is 33.1 Å². The number of hydrogen-bond donors (Lipinski definition) is 1. The Morgan fingerprint density at radius 2 is 2.08 bits per heavy atom. The molecule has 0 aliphatic rings. The first kappa shape index (κ1) is 13.1. The highest BCUT2D eigenvalue weighted by atomic mass is 32.2. The third-order valence-electron chi connectivity index (χ3n) is 2.33. The van der Waals surface area contributed by atoms with E-state index in [0.29, 0.717) is 5.92 Å². The van der Waals surface area contributed by atoms with E-state index in [9.17, 15) is 4.21 Å². The van der Waals surface area contributed by atoms with Gasteiger partial charge >= 0.3 is 0 Å². The molecule has 3 nitrogen and oxygen atoms in total. The summed E-state index contributed by atoms with van der Waals surface area (Å²) < 4.78 is 20.9. The van der Waals surface area contributed by atoms with Crippen LogP contribution in [0.3, 0.4) is 0 Å². The van der Waals surface area contributed by atoms with Crippen LogP contribution in [-0.2, 0) is 11.3 Å². The van der Waals surface area contributed by atoms with Crippen molar-refractivity contribution in [2.45, 2.75) is 39.5 Å². The molecule has 0 amide bonds. The quantitative estimate of drug-likeness (QED) is 0.651. The van der Waals surface area contributed by atoms with E-state index >= 15 is 0 Å². The number of rotatable bonds is 7. The van der Waals surface area contributed by atoms with Crippen LogP contribution in [0.5, 0.6) is 0 Å². The van der Waals surface area contributed by atoms with Gasteiger partial charge in [-0.2, -0.15) is 0 Å². The second-order valence-electron chi connectivity index (χ2n) is 3.46. The highest BCUT2D eigenvalue weighted by molar-refractivity contribution is 7.76. The Morgan fingerprint density at radius 3 is 2.46 bits per heavy atom. The zero-order valence-electron chi connectivity index (χ0n) is 8.82. The predicted molar refractivity (Wildman–Crippen MR) is 56.7 cm³/mol. The van der Waals surface area contributed by atoms with Crippen molar-refractivity contribution in [3.8, 4) is 0 Å². The van der Waals surface area contributed by atoms with E-state index < -0.39 is 11.3 Å². The van der Waals surface area contributed by atoms with Crippen LogP contribution in [-0.4, -0.2) is 26.7 Å². The topological polar surface area (TPSA) is 40.5 Å². The maximum absolute atomic E-state index is 10.7. The molecule has 0 fully saturated rings. The SMILES string of the molecule is CCCCC(CC)CN(C)S(=O)O. The van der Waals surface area contributed by atoms with Crippen LogP contribution in [0.4, 0.5) is 0 Å². The van der Waals surface area contributed by atoms with Gasteiger partial charge in [0.15, 0.2) is 0 Å². The predicted octanol–water partition coefficient (Wildman–Crippen LogP) is 2.27. The van der Waals surface area contributed by atoms with Gasteiger partial charge in [-0.05, 0) is 12.3 Å². The lowest BCUT2D eigenvalue weighted by atomic mass is 10.00. The van der Waals surface area contributed by atoms with Gasteiger partial charge < -0.3 is 0 Å². The lowest BCUT2D eigenvalue weighted by molar-refractivity contribution is 0.344. The van der Waals surface area contributed by atoms with Crippen molar-refractivity contribution in [2.75, 3.05) is 13.6 Å². The average Bonchev–Trinajstić information content (AvgIpc) is 2.11. The molecule has 0 heterocycles. The van der Waals surface area contributed by atoms with Crippen LogP contribution < -0.4 is 0 Å². The molecular formula is C9H21NO2S. The van der Waals surface area contributed by atoms with Gasteiger partial charge in [0, 0.05) is 13.6 Å². The Labute approximate surface area is 83.9 Å². The van der Waals surface area contributed by atoms with Crippen LogP contribution in [0.2, 0.25) is 0 Å². The van der Waals surface area contributed by atoms with E-state index in [4.69, 9.17) is 4.55 Å². The third-order valence-corrected chi connectivity index (χ3v) is 3.01. The number of hydrogen-bond acceptors (Lipinski definition) is 1. The minimum Gasteiger partial charge on any atom is -0.294 e. The summed E-state index contributed by atoms with van der Waals surface area (Å²) in [4.78, 5) is 0. The second kappa shape index (κ2) is 7.47. The molecule has 0 saturated heterocycles. The number of unbranched alkanes of at least 4 members (excludes halogenated alkanes) is 1. The third kappa shape index (κ3) is 6.18. The Balaban J connectivity index is 3.75. The lowest BCUT2D eigenvalue weighted by Gasteiger charge is -2.19. The van der Waals surface area contributed by atoms with Crippen molar-refractivity contribution in [3.05, 3.63) is 0 Å². The van der Waals surface area contributed by atoms with Crippen molar-refractivity contribution < 1.29 is 8.76 Å². The van der Waals surface area contributed by atoms with Crippen LogP contribution in [0, 0.1) is 5.92 Å². The zero-order valence-corrected chi connectivity index (χ0v) is 9.64. The van der Waals surface area contributed by atoms with Crippen LogP contribution in [0.25, 0.3) is 0 Å². The molecule has 1 N–H and O–H groups in total. The Morgan fingerprint density at radius 1 is 1.46 bits per heavy atom. The van der Waals surface area contributed by atoms with Gasteiger partial charge in [0.05, 0.1) is 0 Å². The maximum Gasteiger partial charge on any atom is 0.234 e. The smallest absolute Gasteiger partial charge is 0.234 e. The summed E-state index contributed by atoms with van der Waals surface area (Å²) in [6.45, 7) is 5.02. The summed E-state index contributed by atoms with van der Waals surface area (Å²) in [6, 6.07) is 0. The fourth-order valence-electron chi connectivity index (χ4n) is 1.34. The van der Waals surface area contributed by atoms with Crippen molar-refractivity contribution in [2.24, 2.45) is 5.92 Å². The molecule has 0 saturated carbocycles. The molecule has 4 heteroatoms. The fourth-order valence-corrected chi connectivity index (χ4v) is 1.68. The molecule has 2 atom stereocenters. The second-order valence-corrected chi connectivity index (χ2v) is 4.54. The van der Waals surface area contributed by atoms with Crippen LogP contribution in [0.15, 0.2) is 0 Å². The Kier molecular flexibility index (Phi) is 7.51. The first-order valence-corrected chi connectivity index (χ1v) is 6.00. The lowest BCUT2D eigenvalue weighted by Crippen LogP contribution is -2.27. The molecule has 0 radical (unpaired) electrons. The number of nitrogens with zero attached hydrogens (tertiary/aromatic N) is 1. The average molecular weight is 207 g/mol. The molecule has 80 valence electrons. The first-order chi connectivity index (χ1) is 6.11. The molecule has 13 heavy (non-hydrogen) atoms. The summed E-state index contributed by atoms with van der Waals surface area (Å²) >= 11 is -1.80. The molecule has 0 rings (SSSR count). The monoisotopic (exact) mass is 207 g/mol. The van der Waals surface area contributed by atoms with Gasteiger partial charge in [0.2, 0.25) is 11.3 Å². The van der Waals surface area contributed by atoms with E-state index in [1.165, 1.54) is 17.1 Å². The van der Waals surface area contributed by atoms with E-state index in [1.807, 2.05) is 0 Å². The summed E-state index contributed by atoms with van der Waals surface area (Å²) in [5, 5.41) is 0. The van der Waals surface area contributed by atoms with E-state index in [0.717, 1.165) is 19.4 Å². The molecular weight excluding hydrogens is 186 g/mol. The van der Waals surface area contributed by atoms with Gasteiger partial charge in [0.1, 0.15) is 0 Å². The van der Waals surface area contributed by atoms with E-state index in [1.54, 1.807) is 7.05 Å². The largest absolute Gasteiger partial charge is 0.294 e. The van der Waals surface area contributed by atoms with Crippen LogP contribution >= 0.6 is 0 Å². The van der Waals surface area contributed by atoms with Crippen molar-refractivity contribution >= 4 is 11.3 Å². The van der Waals surface area contributed by atoms with Crippen molar-refractivity contribution in [1.82, 2.24) is 4.31 Å². The Bertz CT molecular complexity index is 153. The highest BCUT2D eigenvalue weighted by Gasteiger charge is 2.11. The summed E-state index contributed by atoms with van der Waals surface area (Å²) in [5.74, 6) is 0.557. The molecule has 0 aromatic heterocycles. The van der Waals surface area contributed by atoms with E-state index in [2.05, 4.69) is 13.8 Å². The van der Waals surface area contributed by atoms with E-state index in [-0.39, 0.29) is 0 Å². The molecule has 2 unspecified atom stereocenters. The van der Waals surface area contributed by atoms with Gasteiger partial charge in [-0.3, -0.25) is 4.55 Å². The minimum absolute atomic E-state index is 0.557. The standard InChI is InChI=1S/C9H21NO2S/c1-4-6-7-9(5-2)8-10(3)13(11)12/h9H,4-8H2,1-3H3,(H,11,12). The maximum atomic E-state index is 10.7. The van der Waals surface area contributed by atoms with Gasteiger partial charge in [0.25, 0.3) is 0 Å². The molecule has 0 aromatic rings. The molecule has 0 aromatic carbocycles. The zero-order chi connectivity index (χ0) is 10.3. The van der Waals surface area contributed by atoms with Crippen molar-refractivity contribution in [3.63, 3.8) is 0 Å². The highest BCUT2D eigenvalue weighted by Crippen LogP contribution is 2.13. The fraction of sp³-hybridized carbons (Fsp3) is 1.00. The molecule has 0 spiro atoms. The first-order valence-electron chi connectivity index (χ1n) is 4.93. The van der Waals surface area contributed by atoms with Gasteiger partial charge in [-0.25, -0.2) is 8.51 Å². The minimum atomic E-state index is -1.80.